The Morgan fingerprint density at radius 1 is 1.32 bits per heavy atom. The predicted octanol–water partition coefficient (Wildman–Crippen LogP) is 2.09. The molecule has 102 valence electrons. The van der Waals surface area contributed by atoms with Crippen molar-refractivity contribution in [3.8, 4) is 0 Å². The van der Waals surface area contributed by atoms with Crippen LogP contribution >= 0.6 is 11.3 Å². The van der Waals surface area contributed by atoms with Gasteiger partial charge in [0.1, 0.15) is 23.0 Å². The molecule has 2 aromatic heterocycles. The molecule has 2 rings (SSSR count). The molecule has 0 amide bonds. The van der Waals surface area contributed by atoms with Gasteiger partial charge in [0.05, 0.1) is 6.54 Å². The SMILES string of the molecule is CCCc1c(NN)ncnc1NCc1nc(C)cs1. The van der Waals surface area contributed by atoms with Crippen molar-refractivity contribution in [1.82, 2.24) is 15.0 Å². The summed E-state index contributed by atoms with van der Waals surface area (Å²) >= 11 is 1.64. The highest BCUT2D eigenvalue weighted by Gasteiger charge is 2.10. The van der Waals surface area contributed by atoms with Crippen LogP contribution in [0.1, 0.15) is 29.6 Å². The quantitative estimate of drug-likeness (QED) is 0.554. The van der Waals surface area contributed by atoms with Crippen LogP contribution < -0.4 is 16.6 Å². The van der Waals surface area contributed by atoms with Crippen LogP contribution in [0.2, 0.25) is 0 Å². The fourth-order valence-electron chi connectivity index (χ4n) is 1.82. The summed E-state index contributed by atoms with van der Waals surface area (Å²) in [6, 6.07) is 0. The summed E-state index contributed by atoms with van der Waals surface area (Å²) in [5.74, 6) is 6.97. The maximum absolute atomic E-state index is 5.48. The maximum atomic E-state index is 5.48. The summed E-state index contributed by atoms with van der Waals surface area (Å²) in [4.78, 5) is 12.8. The fraction of sp³-hybridized carbons (Fsp3) is 0.417. The van der Waals surface area contributed by atoms with Gasteiger partial charge in [-0.2, -0.15) is 0 Å². The number of aromatic nitrogens is 3. The lowest BCUT2D eigenvalue weighted by Crippen LogP contribution is -2.14. The van der Waals surface area contributed by atoms with Gasteiger partial charge in [0, 0.05) is 16.6 Å². The molecule has 0 atom stereocenters. The molecule has 0 aromatic carbocycles. The van der Waals surface area contributed by atoms with E-state index in [2.05, 4.69) is 32.6 Å². The van der Waals surface area contributed by atoms with Gasteiger partial charge in [0.25, 0.3) is 0 Å². The van der Waals surface area contributed by atoms with Crippen molar-refractivity contribution in [3.05, 3.63) is 28.0 Å². The molecule has 0 aliphatic rings. The predicted molar refractivity (Wildman–Crippen MR) is 78.0 cm³/mol. The molecule has 2 heterocycles. The molecule has 7 heteroatoms. The zero-order valence-corrected chi connectivity index (χ0v) is 11.9. The van der Waals surface area contributed by atoms with Crippen molar-refractivity contribution >= 4 is 23.0 Å². The van der Waals surface area contributed by atoms with Crippen LogP contribution in [0, 0.1) is 6.92 Å². The van der Waals surface area contributed by atoms with Gasteiger partial charge in [-0.1, -0.05) is 13.3 Å². The van der Waals surface area contributed by atoms with Crippen molar-refractivity contribution in [2.45, 2.75) is 33.2 Å². The molecule has 0 unspecified atom stereocenters. The number of anilines is 2. The van der Waals surface area contributed by atoms with E-state index in [1.54, 1.807) is 11.3 Å². The number of nitrogens with two attached hydrogens (primary N) is 1. The van der Waals surface area contributed by atoms with Crippen molar-refractivity contribution in [1.29, 1.82) is 0 Å². The van der Waals surface area contributed by atoms with E-state index in [1.807, 2.05) is 12.3 Å². The van der Waals surface area contributed by atoms with E-state index in [1.165, 1.54) is 6.33 Å². The summed E-state index contributed by atoms with van der Waals surface area (Å²) in [6.45, 7) is 4.77. The lowest BCUT2D eigenvalue weighted by Gasteiger charge is -2.12. The average molecular weight is 278 g/mol. The second-order valence-corrected chi connectivity index (χ2v) is 5.12. The summed E-state index contributed by atoms with van der Waals surface area (Å²) in [7, 11) is 0. The first-order chi connectivity index (χ1) is 9.24. The summed E-state index contributed by atoms with van der Waals surface area (Å²) in [5.41, 5.74) is 4.68. The van der Waals surface area contributed by atoms with E-state index in [9.17, 15) is 0 Å². The van der Waals surface area contributed by atoms with Gasteiger partial charge >= 0.3 is 0 Å². The zero-order chi connectivity index (χ0) is 13.7. The largest absolute Gasteiger partial charge is 0.363 e. The van der Waals surface area contributed by atoms with Crippen LogP contribution in [-0.4, -0.2) is 15.0 Å². The molecule has 0 aliphatic heterocycles. The van der Waals surface area contributed by atoms with Crippen LogP contribution in [-0.2, 0) is 13.0 Å². The first-order valence-corrected chi connectivity index (χ1v) is 7.08. The Morgan fingerprint density at radius 2 is 2.11 bits per heavy atom. The number of hydrazine groups is 1. The number of aryl methyl sites for hydroxylation is 1. The Labute approximate surface area is 116 Å². The molecule has 2 aromatic rings. The van der Waals surface area contributed by atoms with E-state index in [4.69, 9.17) is 5.84 Å². The highest BCUT2D eigenvalue weighted by atomic mass is 32.1. The Morgan fingerprint density at radius 3 is 2.74 bits per heavy atom. The monoisotopic (exact) mass is 278 g/mol. The highest BCUT2D eigenvalue weighted by molar-refractivity contribution is 7.09. The van der Waals surface area contributed by atoms with Crippen LogP contribution in [0.5, 0.6) is 0 Å². The van der Waals surface area contributed by atoms with E-state index < -0.39 is 0 Å². The Bertz CT molecular complexity index is 539. The normalized spacial score (nSPS) is 10.5. The van der Waals surface area contributed by atoms with Gasteiger partial charge in [-0.15, -0.1) is 11.3 Å². The number of nitrogen functional groups attached to an aromatic ring is 1. The van der Waals surface area contributed by atoms with Gasteiger partial charge < -0.3 is 10.7 Å². The molecule has 0 fully saturated rings. The number of hydrogen-bond acceptors (Lipinski definition) is 7. The van der Waals surface area contributed by atoms with Gasteiger partial charge in [-0.25, -0.2) is 20.8 Å². The third-order valence-electron chi connectivity index (χ3n) is 2.66. The molecule has 0 bridgehead atoms. The maximum Gasteiger partial charge on any atom is 0.148 e. The molecule has 0 saturated carbocycles. The Balaban J connectivity index is 2.14. The minimum absolute atomic E-state index is 0.663. The molecule has 0 saturated heterocycles. The van der Waals surface area contributed by atoms with Gasteiger partial charge in [-0.05, 0) is 13.3 Å². The van der Waals surface area contributed by atoms with Crippen LogP contribution in [0.15, 0.2) is 11.7 Å². The molecular formula is C12H18N6S. The van der Waals surface area contributed by atoms with E-state index in [-0.39, 0.29) is 0 Å². The van der Waals surface area contributed by atoms with Crippen LogP contribution in [0.25, 0.3) is 0 Å². The van der Waals surface area contributed by atoms with E-state index in [0.29, 0.717) is 12.4 Å². The second-order valence-electron chi connectivity index (χ2n) is 4.18. The van der Waals surface area contributed by atoms with E-state index >= 15 is 0 Å². The molecule has 0 spiro atoms. The summed E-state index contributed by atoms with van der Waals surface area (Å²) in [6.07, 6.45) is 3.39. The lowest BCUT2D eigenvalue weighted by molar-refractivity contribution is 0.895. The number of rotatable bonds is 6. The second kappa shape index (κ2) is 6.44. The highest BCUT2D eigenvalue weighted by Crippen LogP contribution is 2.21. The zero-order valence-electron chi connectivity index (χ0n) is 11.1. The van der Waals surface area contributed by atoms with Crippen molar-refractivity contribution in [2.75, 3.05) is 10.7 Å². The first kappa shape index (κ1) is 13.7. The third-order valence-corrected chi connectivity index (χ3v) is 3.62. The molecule has 4 N–H and O–H groups in total. The molecule has 0 aliphatic carbocycles. The van der Waals surface area contributed by atoms with Crippen LogP contribution in [0.3, 0.4) is 0 Å². The Kier molecular flexibility index (Phi) is 4.64. The van der Waals surface area contributed by atoms with E-state index in [0.717, 1.165) is 34.9 Å². The summed E-state index contributed by atoms with van der Waals surface area (Å²) in [5, 5.41) is 6.38. The lowest BCUT2D eigenvalue weighted by atomic mass is 10.1. The number of nitrogens with zero attached hydrogens (tertiary/aromatic N) is 3. The molecule has 19 heavy (non-hydrogen) atoms. The fourth-order valence-corrected chi connectivity index (χ4v) is 2.53. The van der Waals surface area contributed by atoms with Gasteiger partial charge in [0.15, 0.2) is 0 Å². The molecular weight excluding hydrogens is 260 g/mol. The van der Waals surface area contributed by atoms with Gasteiger partial charge in [0.2, 0.25) is 0 Å². The molecule has 0 radical (unpaired) electrons. The smallest absolute Gasteiger partial charge is 0.148 e. The van der Waals surface area contributed by atoms with Gasteiger partial charge in [-0.3, -0.25) is 0 Å². The minimum atomic E-state index is 0.663. The first-order valence-electron chi connectivity index (χ1n) is 6.20. The third kappa shape index (κ3) is 3.39. The topological polar surface area (TPSA) is 88.8 Å². The Hall–Kier alpha value is -1.73. The van der Waals surface area contributed by atoms with Crippen molar-refractivity contribution in [3.63, 3.8) is 0 Å². The summed E-state index contributed by atoms with van der Waals surface area (Å²) < 4.78 is 0. The van der Waals surface area contributed by atoms with Crippen molar-refractivity contribution in [2.24, 2.45) is 5.84 Å². The van der Waals surface area contributed by atoms with Crippen molar-refractivity contribution < 1.29 is 0 Å². The number of nitrogens with one attached hydrogen (secondary N) is 2. The minimum Gasteiger partial charge on any atom is -0.363 e. The molecule has 6 nitrogen and oxygen atoms in total. The number of thiazole rings is 1. The standard InChI is InChI=1S/C12H18N6S/c1-3-4-9-11(15-7-16-12(9)18-13)14-5-10-17-8(2)6-19-10/h6-7H,3-5,13H2,1-2H3,(H2,14,15,16,18). The number of hydrogen-bond donors (Lipinski definition) is 3. The average Bonchev–Trinajstić information content (AvgIpc) is 2.83. The van der Waals surface area contributed by atoms with Crippen LogP contribution in [0.4, 0.5) is 11.6 Å².